The zero-order valence-electron chi connectivity index (χ0n) is 38.1. The zero-order valence-corrected chi connectivity index (χ0v) is 39.0. The van der Waals surface area contributed by atoms with E-state index in [0.717, 1.165) is 38.5 Å². The van der Waals surface area contributed by atoms with Gasteiger partial charge in [-0.3, -0.25) is 23.4 Å². The molecule has 0 saturated carbocycles. The second kappa shape index (κ2) is 43.1. The van der Waals surface area contributed by atoms with Gasteiger partial charge in [-0.05, 0) is 12.8 Å². The Labute approximate surface area is 361 Å². The van der Waals surface area contributed by atoms with E-state index in [1.54, 1.807) is 0 Å². The van der Waals surface area contributed by atoms with Crippen molar-refractivity contribution < 1.29 is 47.5 Å². The highest BCUT2D eigenvalue weighted by Crippen LogP contribution is 2.43. The first-order valence-corrected chi connectivity index (χ1v) is 26.1. The van der Waals surface area contributed by atoms with Gasteiger partial charge in [-0.1, -0.05) is 226 Å². The predicted molar refractivity (Wildman–Crippen MR) is 240 cm³/mol. The van der Waals surface area contributed by atoms with E-state index in [-0.39, 0.29) is 19.4 Å². The summed E-state index contributed by atoms with van der Waals surface area (Å²) < 4.78 is 32.8. The van der Waals surface area contributed by atoms with Crippen LogP contribution in [0.2, 0.25) is 0 Å². The molecule has 1 unspecified atom stereocenters. The summed E-state index contributed by atoms with van der Waals surface area (Å²) in [6.07, 6.45) is 43.0. The van der Waals surface area contributed by atoms with E-state index in [0.29, 0.717) is 12.8 Å². The molecule has 4 N–H and O–H groups in total. The van der Waals surface area contributed by atoms with Crippen LogP contribution in [0, 0.1) is 0 Å². The van der Waals surface area contributed by atoms with Crippen molar-refractivity contribution >= 4 is 25.7 Å². The molecular weight excluding hydrogens is 769 g/mol. The summed E-state index contributed by atoms with van der Waals surface area (Å²) in [5.74, 6) is -2.35. The molecule has 0 aromatic carbocycles. The lowest BCUT2D eigenvalue weighted by molar-refractivity contribution is -0.161. The molecule has 0 spiro atoms. The van der Waals surface area contributed by atoms with Crippen LogP contribution in [-0.4, -0.2) is 59.9 Å². The molecule has 59 heavy (non-hydrogen) atoms. The third kappa shape index (κ3) is 42.9. The minimum absolute atomic E-state index is 0.170. The van der Waals surface area contributed by atoms with Crippen molar-refractivity contribution in [3.05, 3.63) is 0 Å². The van der Waals surface area contributed by atoms with Gasteiger partial charge in [0.25, 0.3) is 0 Å². The fourth-order valence-corrected chi connectivity index (χ4v) is 8.02. The van der Waals surface area contributed by atoms with E-state index in [9.17, 15) is 23.8 Å². The van der Waals surface area contributed by atoms with Crippen LogP contribution >= 0.6 is 7.82 Å². The molecule has 350 valence electrons. The molecule has 11 nitrogen and oxygen atoms in total. The highest BCUT2D eigenvalue weighted by atomic mass is 31.2. The molecule has 0 saturated heterocycles. The van der Waals surface area contributed by atoms with Gasteiger partial charge in [0.1, 0.15) is 12.6 Å². The maximum atomic E-state index is 12.7. The molecule has 0 amide bonds. The van der Waals surface area contributed by atoms with Crippen LogP contribution in [0.15, 0.2) is 0 Å². The van der Waals surface area contributed by atoms with Gasteiger partial charge >= 0.3 is 25.7 Å². The number of carboxylic acid groups (broad SMARTS) is 1. The Morgan fingerprint density at radius 2 is 0.746 bits per heavy atom. The number of aliphatic carboxylic acids is 1. The van der Waals surface area contributed by atoms with E-state index in [2.05, 4.69) is 18.4 Å². The normalized spacial score (nSPS) is 13.6. The lowest BCUT2D eigenvalue weighted by atomic mass is 10.0. The smallest absolute Gasteiger partial charge is 0.472 e. The van der Waals surface area contributed by atoms with Crippen molar-refractivity contribution in [3.8, 4) is 0 Å². The Bertz CT molecular complexity index is 1020. The highest BCUT2D eigenvalue weighted by molar-refractivity contribution is 7.47. The number of ether oxygens (including phenoxy) is 2. The van der Waals surface area contributed by atoms with E-state index >= 15 is 0 Å². The van der Waals surface area contributed by atoms with Crippen LogP contribution < -0.4 is 5.73 Å². The number of carbonyl (C=O) groups is 3. The van der Waals surface area contributed by atoms with Gasteiger partial charge in [0.15, 0.2) is 6.10 Å². The van der Waals surface area contributed by atoms with E-state index < -0.39 is 51.1 Å². The van der Waals surface area contributed by atoms with Gasteiger partial charge in [-0.15, -0.1) is 0 Å². The van der Waals surface area contributed by atoms with Gasteiger partial charge < -0.3 is 25.2 Å². The number of carboxylic acids is 1. The van der Waals surface area contributed by atoms with Gasteiger partial charge in [-0.2, -0.15) is 0 Å². The lowest BCUT2D eigenvalue weighted by Gasteiger charge is -2.20. The minimum Gasteiger partial charge on any atom is -0.480 e. The summed E-state index contributed by atoms with van der Waals surface area (Å²) in [5, 5.41) is 8.91. The monoisotopic (exact) mass is 862 g/mol. The van der Waals surface area contributed by atoms with E-state index in [4.69, 9.17) is 24.8 Å². The third-order valence-electron chi connectivity index (χ3n) is 11.1. The van der Waals surface area contributed by atoms with Crippen molar-refractivity contribution in [2.75, 3.05) is 19.8 Å². The fourth-order valence-electron chi connectivity index (χ4n) is 7.24. The maximum Gasteiger partial charge on any atom is 0.472 e. The van der Waals surface area contributed by atoms with Gasteiger partial charge in [0, 0.05) is 12.8 Å². The summed E-state index contributed by atoms with van der Waals surface area (Å²) in [5.41, 5.74) is 5.35. The molecule has 0 bridgehead atoms. The van der Waals surface area contributed by atoms with Crippen LogP contribution in [0.25, 0.3) is 0 Å². The van der Waals surface area contributed by atoms with Crippen molar-refractivity contribution in [3.63, 3.8) is 0 Å². The molecule has 0 aromatic heterocycles. The Morgan fingerprint density at radius 1 is 0.458 bits per heavy atom. The second-order valence-electron chi connectivity index (χ2n) is 17.0. The Hall–Kier alpha value is -1.52. The topological polar surface area (TPSA) is 172 Å². The number of unbranched alkanes of at least 4 members (excludes halogenated alkanes) is 33. The number of rotatable bonds is 47. The van der Waals surface area contributed by atoms with Crippen LogP contribution in [0.4, 0.5) is 0 Å². The van der Waals surface area contributed by atoms with Crippen LogP contribution in [0.5, 0.6) is 0 Å². The number of carbonyl (C=O) groups excluding carboxylic acids is 2. The van der Waals surface area contributed by atoms with Crippen LogP contribution in [0.1, 0.15) is 251 Å². The summed E-state index contributed by atoms with van der Waals surface area (Å²) in [7, 11) is -4.71. The quantitative estimate of drug-likeness (QED) is 0.0302. The van der Waals surface area contributed by atoms with Gasteiger partial charge in [0.2, 0.25) is 0 Å². The van der Waals surface area contributed by atoms with Crippen molar-refractivity contribution in [2.45, 2.75) is 264 Å². The molecule has 3 atom stereocenters. The van der Waals surface area contributed by atoms with Crippen LogP contribution in [0.3, 0.4) is 0 Å². The number of hydrogen-bond donors (Lipinski definition) is 3. The first-order valence-electron chi connectivity index (χ1n) is 24.6. The maximum absolute atomic E-state index is 12.7. The zero-order chi connectivity index (χ0) is 43.5. The highest BCUT2D eigenvalue weighted by Gasteiger charge is 2.28. The van der Waals surface area contributed by atoms with Gasteiger partial charge in [-0.25, -0.2) is 4.57 Å². The fraction of sp³-hybridized carbons (Fsp3) is 0.936. The molecule has 0 aromatic rings. The standard InChI is InChI=1S/C47H92NO10P/c1-3-5-7-9-11-13-15-17-19-20-21-22-23-25-27-29-31-33-35-37-39-46(50)58-43(41-56-59(53,54)57-42-44(48)47(51)52)40-55-45(49)38-36-34-32-30-28-26-24-18-16-14-12-10-8-6-4-2/h43-44H,3-42,48H2,1-2H3,(H,51,52)(H,53,54)/t43-,44+/m1/s1. The molecule has 0 aliphatic heterocycles. The molecule has 12 heteroatoms. The van der Waals surface area contributed by atoms with E-state index in [1.165, 1.54) is 173 Å². The number of hydrogen-bond acceptors (Lipinski definition) is 9. The Balaban J connectivity index is 4.22. The molecule has 0 radical (unpaired) electrons. The molecule has 0 rings (SSSR count). The molecule has 0 aliphatic carbocycles. The molecule has 0 aliphatic rings. The average Bonchev–Trinajstić information content (AvgIpc) is 3.21. The summed E-state index contributed by atoms with van der Waals surface area (Å²) >= 11 is 0. The number of nitrogens with two attached hydrogens (primary N) is 1. The molecule has 0 fully saturated rings. The van der Waals surface area contributed by atoms with Gasteiger partial charge in [0.05, 0.1) is 13.2 Å². The number of phosphoric ester groups is 1. The average molecular weight is 862 g/mol. The summed E-state index contributed by atoms with van der Waals surface area (Å²) in [6, 6.07) is -1.52. The minimum atomic E-state index is -4.71. The largest absolute Gasteiger partial charge is 0.480 e. The summed E-state index contributed by atoms with van der Waals surface area (Å²) in [6.45, 7) is 2.86. The predicted octanol–water partition coefficient (Wildman–Crippen LogP) is 13.5. The Morgan fingerprint density at radius 3 is 1.07 bits per heavy atom. The second-order valence-corrected chi connectivity index (χ2v) is 18.4. The van der Waals surface area contributed by atoms with E-state index in [1.807, 2.05) is 0 Å². The third-order valence-corrected chi connectivity index (χ3v) is 12.1. The van der Waals surface area contributed by atoms with Crippen molar-refractivity contribution in [1.82, 2.24) is 0 Å². The number of esters is 2. The Kier molecular flexibility index (Phi) is 42.0. The van der Waals surface area contributed by atoms with Crippen molar-refractivity contribution in [2.24, 2.45) is 5.73 Å². The first-order chi connectivity index (χ1) is 28.6. The molecular formula is C47H92NO10P. The molecule has 0 heterocycles. The van der Waals surface area contributed by atoms with Crippen molar-refractivity contribution in [1.29, 1.82) is 0 Å². The number of phosphoric acid groups is 1. The first kappa shape index (κ1) is 57.5. The SMILES string of the molecule is CCCCCCCCCCCCCCCCCCCCCCC(=O)O[C@H](COC(=O)CCCCCCCCCCCCCCCCC)COP(=O)(O)OC[C@H](N)C(=O)O. The lowest BCUT2D eigenvalue weighted by Crippen LogP contribution is -2.34. The summed E-state index contributed by atoms with van der Waals surface area (Å²) in [4.78, 5) is 46.1. The van der Waals surface area contributed by atoms with Crippen LogP contribution in [-0.2, 0) is 37.5 Å².